The zero-order valence-electron chi connectivity index (χ0n) is 10.5. The molecule has 1 aromatic carbocycles. The molecule has 0 saturated carbocycles. The van der Waals surface area contributed by atoms with Crippen molar-refractivity contribution < 1.29 is 9.59 Å². The van der Waals surface area contributed by atoms with Crippen LogP contribution in [-0.4, -0.2) is 23.9 Å². The van der Waals surface area contributed by atoms with Gasteiger partial charge in [0.2, 0.25) is 11.8 Å². The van der Waals surface area contributed by atoms with E-state index in [1.165, 1.54) is 0 Å². The number of benzene rings is 1. The summed E-state index contributed by atoms with van der Waals surface area (Å²) in [7, 11) is 0. The molecule has 4 nitrogen and oxygen atoms in total. The van der Waals surface area contributed by atoms with Gasteiger partial charge < -0.3 is 5.32 Å². The summed E-state index contributed by atoms with van der Waals surface area (Å²) in [6, 6.07) is 4.70. The van der Waals surface area contributed by atoms with Crippen LogP contribution in [0.15, 0.2) is 22.7 Å². The number of nitrogens with one attached hydrogen (secondary N) is 1. The minimum atomic E-state index is -0.483. The fraction of sp³-hybridized carbons (Fsp3) is 0.385. The van der Waals surface area contributed by atoms with E-state index in [1.54, 1.807) is 18.7 Å². The van der Waals surface area contributed by atoms with Gasteiger partial charge in [0.05, 0.1) is 0 Å². The maximum absolute atomic E-state index is 12.2. The third kappa shape index (κ3) is 2.14. The molecule has 1 aliphatic heterocycles. The lowest BCUT2D eigenvalue weighted by Gasteiger charge is -2.36. The van der Waals surface area contributed by atoms with Crippen LogP contribution in [0.3, 0.4) is 0 Å². The summed E-state index contributed by atoms with van der Waals surface area (Å²) in [5.74, 6) is -0.211. The summed E-state index contributed by atoms with van der Waals surface area (Å²) in [4.78, 5) is 25.5. The highest BCUT2D eigenvalue weighted by atomic mass is 79.9. The normalized spacial score (nSPS) is 24.1. The van der Waals surface area contributed by atoms with Crippen molar-refractivity contribution in [1.29, 1.82) is 0 Å². The van der Waals surface area contributed by atoms with E-state index in [2.05, 4.69) is 21.2 Å². The first-order valence-corrected chi connectivity index (χ1v) is 6.60. The molecule has 1 N–H and O–H groups in total. The SMILES string of the molecule is Cc1ccc(N2C(=O)C(C)NC(=O)C2C)cc1Br. The predicted molar refractivity (Wildman–Crippen MR) is 73.4 cm³/mol. The molecular weight excluding hydrogens is 296 g/mol. The number of hydrogen-bond acceptors (Lipinski definition) is 2. The van der Waals surface area contributed by atoms with Gasteiger partial charge in [0, 0.05) is 10.2 Å². The van der Waals surface area contributed by atoms with Gasteiger partial charge >= 0.3 is 0 Å². The number of hydrogen-bond donors (Lipinski definition) is 1. The van der Waals surface area contributed by atoms with Gasteiger partial charge in [-0.1, -0.05) is 22.0 Å². The van der Waals surface area contributed by atoms with Crippen LogP contribution in [0, 0.1) is 6.92 Å². The van der Waals surface area contributed by atoms with Crippen LogP contribution in [0.2, 0.25) is 0 Å². The fourth-order valence-electron chi connectivity index (χ4n) is 1.99. The lowest BCUT2D eigenvalue weighted by atomic mass is 10.1. The van der Waals surface area contributed by atoms with Gasteiger partial charge in [0.15, 0.2) is 0 Å². The average molecular weight is 311 g/mol. The molecule has 0 radical (unpaired) electrons. The quantitative estimate of drug-likeness (QED) is 0.862. The Labute approximate surface area is 114 Å². The lowest BCUT2D eigenvalue weighted by Crippen LogP contribution is -2.61. The molecule has 1 heterocycles. The standard InChI is InChI=1S/C13H15BrN2O2/c1-7-4-5-10(6-11(7)14)16-9(3)12(17)15-8(2)13(16)18/h4-6,8-9H,1-3H3,(H,15,17). The molecule has 2 rings (SSSR count). The number of halogens is 1. The van der Waals surface area contributed by atoms with Crippen LogP contribution < -0.4 is 10.2 Å². The molecule has 18 heavy (non-hydrogen) atoms. The molecular formula is C13H15BrN2O2. The van der Waals surface area contributed by atoms with Crippen molar-refractivity contribution in [2.75, 3.05) is 4.90 Å². The van der Waals surface area contributed by atoms with Gasteiger partial charge in [-0.2, -0.15) is 0 Å². The Morgan fingerprint density at radius 3 is 2.56 bits per heavy atom. The van der Waals surface area contributed by atoms with Gasteiger partial charge in [0.1, 0.15) is 12.1 Å². The third-order valence-corrected chi connectivity index (χ3v) is 4.02. The van der Waals surface area contributed by atoms with E-state index in [1.807, 2.05) is 25.1 Å². The second-order valence-corrected chi connectivity index (χ2v) is 5.40. The van der Waals surface area contributed by atoms with Crippen LogP contribution in [0.25, 0.3) is 0 Å². The Kier molecular flexibility index (Phi) is 3.43. The van der Waals surface area contributed by atoms with E-state index >= 15 is 0 Å². The molecule has 2 unspecified atom stereocenters. The van der Waals surface area contributed by atoms with Crippen molar-refractivity contribution in [2.45, 2.75) is 32.9 Å². The van der Waals surface area contributed by atoms with Crippen molar-refractivity contribution in [3.05, 3.63) is 28.2 Å². The molecule has 1 aromatic rings. The van der Waals surface area contributed by atoms with Gasteiger partial charge in [-0.05, 0) is 38.5 Å². The first-order valence-electron chi connectivity index (χ1n) is 5.81. The minimum Gasteiger partial charge on any atom is -0.343 e. The number of rotatable bonds is 1. The van der Waals surface area contributed by atoms with Crippen molar-refractivity contribution in [3.63, 3.8) is 0 Å². The highest BCUT2D eigenvalue weighted by molar-refractivity contribution is 9.10. The number of nitrogens with zero attached hydrogens (tertiary/aromatic N) is 1. The maximum Gasteiger partial charge on any atom is 0.250 e. The van der Waals surface area contributed by atoms with Crippen LogP contribution in [0.4, 0.5) is 5.69 Å². The summed E-state index contributed by atoms with van der Waals surface area (Å²) >= 11 is 3.44. The predicted octanol–water partition coefficient (Wildman–Crippen LogP) is 2.00. The number of piperazine rings is 1. The number of aryl methyl sites for hydroxylation is 1. The molecule has 0 aliphatic carbocycles. The molecule has 0 bridgehead atoms. The lowest BCUT2D eigenvalue weighted by molar-refractivity contribution is -0.133. The van der Waals surface area contributed by atoms with Gasteiger partial charge in [-0.25, -0.2) is 0 Å². The fourth-order valence-corrected chi connectivity index (χ4v) is 2.36. The summed E-state index contributed by atoms with van der Waals surface area (Å²) in [6.07, 6.45) is 0. The molecule has 1 saturated heterocycles. The average Bonchev–Trinajstić information content (AvgIpc) is 2.31. The van der Waals surface area contributed by atoms with Crippen LogP contribution in [0.1, 0.15) is 19.4 Å². The van der Waals surface area contributed by atoms with E-state index in [-0.39, 0.29) is 11.8 Å². The van der Waals surface area contributed by atoms with E-state index in [4.69, 9.17) is 0 Å². The molecule has 1 fully saturated rings. The molecule has 1 aliphatic rings. The second kappa shape index (κ2) is 4.72. The molecule has 0 aromatic heterocycles. The summed E-state index contributed by atoms with van der Waals surface area (Å²) < 4.78 is 0.929. The Bertz CT molecular complexity index is 516. The first-order chi connectivity index (χ1) is 8.41. The van der Waals surface area contributed by atoms with Gasteiger partial charge in [-0.15, -0.1) is 0 Å². The van der Waals surface area contributed by atoms with E-state index < -0.39 is 12.1 Å². The zero-order valence-corrected chi connectivity index (χ0v) is 12.1. The highest BCUT2D eigenvalue weighted by Crippen LogP contribution is 2.26. The number of anilines is 1. The van der Waals surface area contributed by atoms with E-state index in [0.717, 1.165) is 15.7 Å². The Balaban J connectivity index is 2.43. The van der Waals surface area contributed by atoms with Crippen molar-refractivity contribution in [2.24, 2.45) is 0 Å². The molecule has 2 amide bonds. The first kappa shape index (κ1) is 13.1. The van der Waals surface area contributed by atoms with E-state index in [0.29, 0.717) is 0 Å². The third-order valence-electron chi connectivity index (χ3n) is 3.17. The summed E-state index contributed by atoms with van der Waals surface area (Å²) in [5.41, 5.74) is 1.83. The summed E-state index contributed by atoms with van der Waals surface area (Å²) in [5, 5.41) is 2.66. The van der Waals surface area contributed by atoms with Crippen molar-refractivity contribution in [1.82, 2.24) is 5.32 Å². The maximum atomic E-state index is 12.2. The van der Waals surface area contributed by atoms with E-state index in [9.17, 15) is 9.59 Å². The van der Waals surface area contributed by atoms with Crippen LogP contribution >= 0.6 is 15.9 Å². The number of amides is 2. The Morgan fingerprint density at radius 2 is 1.94 bits per heavy atom. The van der Waals surface area contributed by atoms with Crippen LogP contribution in [0.5, 0.6) is 0 Å². The van der Waals surface area contributed by atoms with Crippen molar-refractivity contribution >= 4 is 33.4 Å². The smallest absolute Gasteiger partial charge is 0.250 e. The topological polar surface area (TPSA) is 49.4 Å². The van der Waals surface area contributed by atoms with Crippen molar-refractivity contribution in [3.8, 4) is 0 Å². The molecule has 2 atom stereocenters. The Hall–Kier alpha value is -1.36. The van der Waals surface area contributed by atoms with Crippen LogP contribution in [-0.2, 0) is 9.59 Å². The molecule has 0 spiro atoms. The van der Waals surface area contributed by atoms with Gasteiger partial charge in [-0.3, -0.25) is 14.5 Å². The summed E-state index contributed by atoms with van der Waals surface area (Å²) in [6.45, 7) is 5.40. The largest absolute Gasteiger partial charge is 0.343 e. The Morgan fingerprint density at radius 1 is 1.28 bits per heavy atom. The zero-order chi connectivity index (χ0) is 13.4. The highest BCUT2D eigenvalue weighted by Gasteiger charge is 2.36. The monoisotopic (exact) mass is 310 g/mol. The van der Waals surface area contributed by atoms with Gasteiger partial charge in [0.25, 0.3) is 0 Å². The second-order valence-electron chi connectivity index (χ2n) is 4.55. The number of carbonyl (C=O) groups is 2. The molecule has 5 heteroatoms. The minimum absolute atomic E-state index is 0.0853. The molecule has 96 valence electrons. The number of carbonyl (C=O) groups excluding carboxylic acids is 2.